The zero-order chi connectivity index (χ0) is 24.6. The van der Waals surface area contributed by atoms with Crippen LogP contribution in [0.2, 0.25) is 0 Å². The molecule has 0 aromatic heterocycles. The molecule has 0 saturated heterocycles. The second-order valence-corrected chi connectivity index (χ2v) is 8.03. The van der Waals surface area contributed by atoms with Crippen LogP contribution in [0.1, 0.15) is 45.2 Å². The minimum absolute atomic E-state index is 0.352. The van der Waals surface area contributed by atoms with E-state index < -0.39 is 5.97 Å². The van der Waals surface area contributed by atoms with E-state index in [-0.39, 0.29) is 5.91 Å². The topological polar surface area (TPSA) is 77.0 Å². The third-order valence-electron chi connectivity index (χ3n) is 5.34. The van der Waals surface area contributed by atoms with Crippen molar-refractivity contribution in [3.8, 4) is 11.5 Å². The van der Waals surface area contributed by atoms with E-state index in [1.54, 1.807) is 42.5 Å². The smallest absolute Gasteiger partial charge is 0.343 e. The quantitative estimate of drug-likeness (QED) is 0.151. The number of rotatable bonds is 8. The lowest BCUT2D eigenvalue weighted by atomic mass is 10.0. The van der Waals surface area contributed by atoms with E-state index in [4.69, 9.17) is 9.47 Å². The van der Waals surface area contributed by atoms with Gasteiger partial charge in [0.1, 0.15) is 11.5 Å². The van der Waals surface area contributed by atoms with E-state index in [0.717, 1.165) is 22.8 Å². The molecule has 4 aromatic carbocycles. The van der Waals surface area contributed by atoms with Gasteiger partial charge in [-0.15, -0.1) is 0 Å². The summed E-state index contributed by atoms with van der Waals surface area (Å²) in [6.45, 7) is 4.57. The molecule has 0 atom stereocenters. The Hall–Kier alpha value is -4.45. The molecule has 0 saturated carbocycles. The van der Waals surface area contributed by atoms with Gasteiger partial charge in [0.2, 0.25) is 0 Å². The maximum atomic E-state index is 12.8. The SMILES string of the molecule is CCCOc1ccc(C(=O)N/N=C\c2c(OC(=O)c3cccc(C)c3)ccc3ccccc23)cc1. The lowest BCUT2D eigenvalue weighted by Gasteiger charge is -2.11. The number of carbonyl (C=O) groups is 2. The molecule has 4 rings (SSSR count). The number of benzene rings is 4. The zero-order valence-electron chi connectivity index (χ0n) is 19.7. The monoisotopic (exact) mass is 466 g/mol. The summed E-state index contributed by atoms with van der Waals surface area (Å²) in [4.78, 5) is 25.3. The summed E-state index contributed by atoms with van der Waals surface area (Å²) in [6.07, 6.45) is 2.41. The van der Waals surface area contributed by atoms with Crippen LogP contribution in [0.25, 0.3) is 10.8 Å². The fourth-order valence-corrected chi connectivity index (χ4v) is 3.57. The molecule has 1 N–H and O–H groups in total. The Labute approximate surface area is 204 Å². The highest BCUT2D eigenvalue weighted by atomic mass is 16.5. The molecule has 0 heterocycles. The van der Waals surface area contributed by atoms with Crippen LogP contribution in [0, 0.1) is 6.92 Å². The summed E-state index contributed by atoms with van der Waals surface area (Å²) in [5, 5.41) is 5.95. The molecule has 0 aliphatic rings. The van der Waals surface area contributed by atoms with Gasteiger partial charge in [0, 0.05) is 11.1 Å². The highest BCUT2D eigenvalue weighted by Crippen LogP contribution is 2.27. The Balaban J connectivity index is 1.55. The standard InChI is InChI=1S/C29H26N2O4/c1-3-17-34-24-14-11-22(12-15-24)28(32)31-30-19-26-25-10-5-4-8-21(25)13-16-27(26)35-29(33)23-9-6-7-20(2)18-23/h4-16,18-19H,3,17H2,1-2H3,(H,31,32)/b30-19-. The molecule has 0 spiro atoms. The predicted molar refractivity (Wildman–Crippen MR) is 137 cm³/mol. The summed E-state index contributed by atoms with van der Waals surface area (Å²) in [5.41, 5.74) is 5.01. The molecule has 0 bridgehead atoms. The number of fused-ring (bicyclic) bond motifs is 1. The molecule has 1 amide bonds. The van der Waals surface area contributed by atoms with E-state index in [1.165, 1.54) is 6.21 Å². The molecule has 6 heteroatoms. The number of esters is 1. The van der Waals surface area contributed by atoms with Crippen molar-refractivity contribution >= 4 is 28.9 Å². The largest absolute Gasteiger partial charge is 0.494 e. The van der Waals surface area contributed by atoms with Crippen LogP contribution in [0.4, 0.5) is 0 Å². The number of ether oxygens (including phenoxy) is 2. The first-order chi connectivity index (χ1) is 17.0. The normalized spacial score (nSPS) is 10.9. The Bertz CT molecular complexity index is 1380. The highest BCUT2D eigenvalue weighted by Gasteiger charge is 2.14. The van der Waals surface area contributed by atoms with Crippen molar-refractivity contribution in [2.45, 2.75) is 20.3 Å². The van der Waals surface area contributed by atoms with Gasteiger partial charge in [-0.05, 0) is 66.6 Å². The van der Waals surface area contributed by atoms with Crippen LogP contribution >= 0.6 is 0 Å². The summed E-state index contributed by atoms with van der Waals surface area (Å²) in [7, 11) is 0. The average molecular weight is 467 g/mol. The van der Waals surface area contributed by atoms with E-state index in [2.05, 4.69) is 10.5 Å². The second-order valence-electron chi connectivity index (χ2n) is 8.03. The third-order valence-corrected chi connectivity index (χ3v) is 5.34. The van der Waals surface area contributed by atoms with Gasteiger partial charge < -0.3 is 9.47 Å². The van der Waals surface area contributed by atoms with Gasteiger partial charge in [0.05, 0.1) is 18.4 Å². The average Bonchev–Trinajstić information content (AvgIpc) is 2.88. The van der Waals surface area contributed by atoms with Crippen molar-refractivity contribution in [1.82, 2.24) is 5.43 Å². The molecule has 4 aromatic rings. The molecule has 0 radical (unpaired) electrons. The van der Waals surface area contributed by atoms with Crippen molar-refractivity contribution in [2.24, 2.45) is 5.10 Å². The van der Waals surface area contributed by atoms with E-state index in [1.807, 2.05) is 56.3 Å². The van der Waals surface area contributed by atoms with Crippen LogP contribution in [-0.4, -0.2) is 24.7 Å². The van der Waals surface area contributed by atoms with Crippen molar-refractivity contribution in [1.29, 1.82) is 0 Å². The first kappa shape index (κ1) is 23.7. The third kappa shape index (κ3) is 5.92. The minimum Gasteiger partial charge on any atom is -0.494 e. The van der Waals surface area contributed by atoms with E-state index >= 15 is 0 Å². The number of hydrogen-bond donors (Lipinski definition) is 1. The number of aryl methyl sites for hydroxylation is 1. The van der Waals surface area contributed by atoms with Crippen molar-refractivity contribution in [3.63, 3.8) is 0 Å². The van der Waals surface area contributed by atoms with Gasteiger partial charge in [0.25, 0.3) is 5.91 Å². The van der Waals surface area contributed by atoms with Crippen LogP contribution in [0.3, 0.4) is 0 Å². The zero-order valence-corrected chi connectivity index (χ0v) is 19.7. The van der Waals surface area contributed by atoms with Gasteiger partial charge in [-0.1, -0.05) is 55.0 Å². The van der Waals surface area contributed by atoms with Gasteiger partial charge in [-0.25, -0.2) is 10.2 Å². The molecule has 35 heavy (non-hydrogen) atoms. The Morgan fingerprint density at radius 1 is 0.914 bits per heavy atom. The van der Waals surface area contributed by atoms with Gasteiger partial charge >= 0.3 is 5.97 Å². The van der Waals surface area contributed by atoms with Crippen LogP contribution in [0.15, 0.2) is 90.0 Å². The Morgan fingerprint density at radius 3 is 2.49 bits per heavy atom. The summed E-state index contributed by atoms with van der Waals surface area (Å²) < 4.78 is 11.3. The van der Waals surface area contributed by atoms with Gasteiger partial charge in [-0.3, -0.25) is 4.79 Å². The molecule has 176 valence electrons. The lowest BCUT2D eigenvalue weighted by Crippen LogP contribution is -2.17. The summed E-state index contributed by atoms with van der Waals surface area (Å²) in [5.74, 6) is 0.239. The summed E-state index contributed by atoms with van der Waals surface area (Å²) in [6, 6.07) is 25.4. The fraction of sp³-hybridized carbons (Fsp3) is 0.138. The number of nitrogens with zero attached hydrogens (tertiary/aromatic N) is 1. The van der Waals surface area contributed by atoms with E-state index in [9.17, 15) is 9.59 Å². The molecule has 0 aliphatic heterocycles. The Morgan fingerprint density at radius 2 is 1.71 bits per heavy atom. The fourth-order valence-electron chi connectivity index (χ4n) is 3.57. The first-order valence-corrected chi connectivity index (χ1v) is 11.4. The van der Waals surface area contributed by atoms with Gasteiger partial charge in [-0.2, -0.15) is 5.10 Å². The Kier molecular flexibility index (Phi) is 7.53. The van der Waals surface area contributed by atoms with Crippen LogP contribution in [0.5, 0.6) is 11.5 Å². The molecule has 0 aliphatic carbocycles. The van der Waals surface area contributed by atoms with Crippen molar-refractivity contribution in [3.05, 3.63) is 107 Å². The molecule has 0 unspecified atom stereocenters. The molecular weight excluding hydrogens is 440 g/mol. The van der Waals surface area contributed by atoms with Crippen molar-refractivity contribution < 1.29 is 19.1 Å². The first-order valence-electron chi connectivity index (χ1n) is 11.4. The number of amides is 1. The number of hydrazone groups is 1. The summed E-state index contributed by atoms with van der Waals surface area (Å²) >= 11 is 0. The highest BCUT2D eigenvalue weighted by molar-refractivity contribution is 6.04. The second kappa shape index (κ2) is 11.1. The number of nitrogens with one attached hydrogen (secondary N) is 1. The molecular formula is C29H26N2O4. The predicted octanol–water partition coefficient (Wildman–Crippen LogP) is 5.92. The minimum atomic E-state index is -0.465. The van der Waals surface area contributed by atoms with Gasteiger partial charge in [0.15, 0.2) is 0 Å². The molecule has 6 nitrogen and oxygen atoms in total. The van der Waals surface area contributed by atoms with Crippen molar-refractivity contribution in [2.75, 3.05) is 6.61 Å². The number of hydrogen-bond acceptors (Lipinski definition) is 5. The van der Waals surface area contributed by atoms with Crippen LogP contribution in [-0.2, 0) is 0 Å². The molecule has 0 fully saturated rings. The number of carbonyl (C=O) groups excluding carboxylic acids is 2. The van der Waals surface area contributed by atoms with E-state index in [0.29, 0.717) is 34.8 Å². The maximum absolute atomic E-state index is 12.8. The lowest BCUT2D eigenvalue weighted by molar-refractivity contribution is 0.0734. The van der Waals surface area contributed by atoms with Crippen LogP contribution < -0.4 is 14.9 Å². The maximum Gasteiger partial charge on any atom is 0.343 e.